The standard InChI is InChI=1S/C28H28F2N2O5S/c1-3-18(2)19-8-10-20(11-9-19)31-26(34)17-37-27(35)23-6-4-5-7-24(23)36-16-25(33)32-21-12-14-22(15-13-21)38-28(29)30/h4-15,18,28H,3,16-17H2,1-2H3,(H,31,34)(H,32,33)/t18-/m1/s1. The fourth-order valence-corrected chi connectivity index (χ4v) is 3.86. The van der Waals surface area contributed by atoms with E-state index in [4.69, 9.17) is 9.47 Å². The number of nitrogens with one attached hydrogen (secondary N) is 2. The number of alkyl halides is 2. The Morgan fingerprint density at radius 2 is 1.42 bits per heavy atom. The molecule has 0 fully saturated rings. The SMILES string of the molecule is CC[C@@H](C)c1ccc(NC(=O)COC(=O)c2ccccc2OCC(=O)Nc2ccc(SC(F)F)cc2)cc1. The molecule has 0 saturated heterocycles. The van der Waals surface area contributed by atoms with Crippen LogP contribution in [0.5, 0.6) is 5.75 Å². The van der Waals surface area contributed by atoms with Crippen LogP contribution in [-0.4, -0.2) is 36.8 Å². The quantitative estimate of drug-likeness (QED) is 0.205. The van der Waals surface area contributed by atoms with Gasteiger partial charge in [0.2, 0.25) is 0 Å². The molecule has 1 atom stereocenters. The minimum Gasteiger partial charge on any atom is -0.483 e. The fourth-order valence-electron chi connectivity index (χ4n) is 3.36. The second kappa shape index (κ2) is 14.1. The van der Waals surface area contributed by atoms with E-state index < -0.39 is 36.8 Å². The average Bonchev–Trinajstić information content (AvgIpc) is 2.91. The molecule has 0 saturated carbocycles. The summed E-state index contributed by atoms with van der Waals surface area (Å²) in [6, 6.07) is 19.6. The Balaban J connectivity index is 1.49. The molecule has 0 radical (unpaired) electrons. The van der Waals surface area contributed by atoms with Gasteiger partial charge in [-0.25, -0.2) is 4.79 Å². The summed E-state index contributed by atoms with van der Waals surface area (Å²) >= 11 is 0.406. The third-order valence-electron chi connectivity index (χ3n) is 5.54. The van der Waals surface area contributed by atoms with Crippen LogP contribution < -0.4 is 15.4 Å². The van der Waals surface area contributed by atoms with Crippen LogP contribution in [0.25, 0.3) is 0 Å². The summed E-state index contributed by atoms with van der Waals surface area (Å²) in [7, 11) is 0. The number of para-hydroxylation sites is 1. The second-order valence-electron chi connectivity index (χ2n) is 8.29. The van der Waals surface area contributed by atoms with Crippen molar-refractivity contribution in [3.8, 4) is 5.75 Å². The van der Waals surface area contributed by atoms with Gasteiger partial charge in [-0.2, -0.15) is 8.78 Å². The molecule has 10 heteroatoms. The van der Waals surface area contributed by atoms with Crippen molar-refractivity contribution in [2.75, 3.05) is 23.8 Å². The van der Waals surface area contributed by atoms with Crippen LogP contribution in [0, 0.1) is 0 Å². The molecule has 2 amide bonds. The maximum absolute atomic E-state index is 12.6. The topological polar surface area (TPSA) is 93.7 Å². The molecule has 0 unspecified atom stereocenters. The van der Waals surface area contributed by atoms with E-state index in [1.54, 1.807) is 24.3 Å². The fraction of sp³-hybridized carbons (Fsp3) is 0.250. The zero-order valence-corrected chi connectivity index (χ0v) is 21.7. The Kier molecular flexibility index (Phi) is 10.7. The van der Waals surface area contributed by atoms with Gasteiger partial charge >= 0.3 is 5.97 Å². The van der Waals surface area contributed by atoms with E-state index in [-0.39, 0.29) is 11.3 Å². The van der Waals surface area contributed by atoms with E-state index in [0.717, 1.165) is 6.42 Å². The minimum atomic E-state index is -2.53. The number of halogens is 2. The maximum atomic E-state index is 12.6. The van der Waals surface area contributed by atoms with Gasteiger partial charge in [-0.15, -0.1) is 0 Å². The van der Waals surface area contributed by atoms with Gasteiger partial charge in [-0.3, -0.25) is 9.59 Å². The highest BCUT2D eigenvalue weighted by Gasteiger charge is 2.17. The van der Waals surface area contributed by atoms with E-state index in [9.17, 15) is 23.2 Å². The molecule has 3 aromatic rings. The summed E-state index contributed by atoms with van der Waals surface area (Å²) in [6.45, 7) is 3.32. The predicted octanol–water partition coefficient (Wildman–Crippen LogP) is 6.33. The number of rotatable bonds is 12. The van der Waals surface area contributed by atoms with Crippen molar-refractivity contribution in [2.45, 2.75) is 36.8 Å². The molecule has 38 heavy (non-hydrogen) atoms. The number of esters is 1. The highest BCUT2D eigenvalue weighted by atomic mass is 32.2. The molecular weight excluding hydrogens is 514 g/mol. The van der Waals surface area contributed by atoms with Crippen molar-refractivity contribution in [1.29, 1.82) is 0 Å². The summed E-state index contributed by atoms with van der Waals surface area (Å²) in [5, 5.41) is 5.27. The first-order chi connectivity index (χ1) is 18.2. The van der Waals surface area contributed by atoms with Gasteiger partial charge in [0, 0.05) is 16.3 Å². The molecule has 0 aliphatic rings. The van der Waals surface area contributed by atoms with E-state index in [0.29, 0.717) is 34.0 Å². The summed E-state index contributed by atoms with van der Waals surface area (Å²) < 4.78 is 35.5. The van der Waals surface area contributed by atoms with Crippen molar-refractivity contribution in [3.63, 3.8) is 0 Å². The molecule has 3 rings (SSSR count). The molecule has 0 spiro atoms. The number of carbonyl (C=O) groups excluding carboxylic acids is 3. The van der Waals surface area contributed by atoms with Gasteiger partial charge in [0.1, 0.15) is 11.3 Å². The monoisotopic (exact) mass is 542 g/mol. The maximum Gasteiger partial charge on any atom is 0.342 e. The second-order valence-corrected chi connectivity index (χ2v) is 9.35. The van der Waals surface area contributed by atoms with Gasteiger partial charge in [-0.1, -0.05) is 49.9 Å². The molecule has 0 heterocycles. The Morgan fingerprint density at radius 3 is 2.03 bits per heavy atom. The largest absolute Gasteiger partial charge is 0.483 e. The van der Waals surface area contributed by atoms with Crippen molar-refractivity contribution < 1.29 is 32.6 Å². The number of hydrogen-bond donors (Lipinski definition) is 2. The number of carbonyl (C=O) groups is 3. The van der Waals surface area contributed by atoms with Crippen LogP contribution in [0.3, 0.4) is 0 Å². The van der Waals surface area contributed by atoms with Gasteiger partial charge in [0.15, 0.2) is 13.2 Å². The summed E-state index contributed by atoms with van der Waals surface area (Å²) in [6.07, 6.45) is 1.01. The van der Waals surface area contributed by atoms with E-state index in [2.05, 4.69) is 24.5 Å². The molecule has 0 bridgehead atoms. The van der Waals surface area contributed by atoms with Crippen LogP contribution in [0.1, 0.15) is 42.1 Å². The average molecular weight is 543 g/mol. The van der Waals surface area contributed by atoms with Crippen molar-refractivity contribution >= 4 is 40.9 Å². The van der Waals surface area contributed by atoms with Crippen LogP contribution in [0.2, 0.25) is 0 Å². The van der Waals surface area contributed by atoms with Gasteiger partial charge in [0.05, 0.1) is 0 Å². The smallest absolute Gasteiger partial charge is 0.342 e. The summed E-state index contributed by atoms with van der Waals surface area (Å²) in [5.74, 6) is -3.80. The first kappa shape index (κ1) is 28.6. The molecule has 200 valence electrons. The first-order valence-corrected chi connectivity index (χ1v) is 12.8. The lowest BCUT2D eigenvalue weighted by atomic mass is 9.99. The van der Waals surface area contributed by atoms with Crippen molar-refractivity contribution in [2.24, 2.45) is 0 Å². The van der Waals surface area contributed by atoms with Crippen LogP contribution in [0.15, 0.2) is 77.7 Å². The predicted molar refractivity (Wildman–Crippen MR) is 143 cm³/mol. The Morgan fingerprint density at radius 1 is 0.842 bits per heavy atom. The number of anilines is 2. The number of ether oxygens (including phenoxy) is 2. The normalized spacial score (nSPS) is 11.5. The lowest BCUT2D eigenvalue weighted by Gasteiger charge is -2.12. The third-order valence-corrected chi connectivity index (χ3v) is 6.26. The molecule has 3 aromatic carbocycles. The first-order valence-electron chi connectivity index (χ1n) is 11.9. The van der Waals surface area contributed by atoms with Crippen LogP contribution in [-0.2, 0) is 14.3 Å². The third kappa shape index (κ3) is 8.88. The molecule has 2 N–H and O–H groups in total. The summed E-state index contributed by atoms with van der Waals surface area (Å²) in [5.41, 5.74) is 2.23. The molecule has 0 aliphatic carbocycles. The summed E-state index contributed by atoms with van der Waals surface area (Å²) in [4.78, 5) is 37.5. The molecule has 0 aliphatic heterocycles. The molecular formula is C28H28F2N2O5S. The van der Waals surface area contributed by atoms with Crippen LogP contribution in [0.4, 0.5) is 20.2 Å². The van der Waals surface area contributed by atoms with Crippen molar-refractivity contribution in [1.82, 2.24) is 0 Å². The Bertz CT molecular complexity index is 1240. The van der Waals surface area contributed by atoms with Gasteiger partial charge in [0.25, 0.3) is 17.6 Å². The van der Waals surface area contributed by atoms with E-state index >= 15 is 0 Å². The number of amides is 2. The highest BCUT2D eigenvalue weighted by Crippen LogP contribution is 2.26. The minimum absolute atomic E-state index is 0.0550. The number of hydrogen-bond acceptors (Lipinski definition) is 6. The van der Waals surface area contributed by atoms with E-state index in [1.165, 1.54) is 42.0 Å². The molecule has 7 nitrogen and oxygen atoms in total. The lowest BCUT2D eigenvalue weighted by Crippen LogP contribution is -2.22. The lowest BCUT2D eigenvalue weighted by molar-refractivity contribution is -0.119. The zero-order valence-electron chi connectivity index (χ0n) is 20.9. The van der Waals surface area contributed by atoms with E-state index in [1.807, 2.05) is 12.1 Å². The Hall–Kier alpha value is -3.92. The zero-order chi connectivity index (χ0) is 27.5. The molecule has 0 aromatic heterocycles. The van der Waals surface area contributed by atoms with Crippen molar-refractivity contribution in [3.05, 3.63) is 83.9 Å². The van der Waals surface area contributed by atoms with Gasteiger partial charge < -0.3 is 20.1 Å². The number of benzene rings is 3. The highest BCUT2D eigenvalue weighted by molar-refractivity contribution is 7.99. The van der Waals surface area contributed by atoms with Gasteiger partial charge in [-0.05, 0) is 66.4 Å². The van der Waals surface area contributed by atoms with Crippen LogP contribution >= 0.6 is 11.8 Å². The number of thioether (sulfide) groups is 1. The Labute approximate surface area is 223 Å².